The predicted molar refractivity (Wildman–Crippen MR) is 118 cm³/mol. The molecule has 30 heavy (non-hydrogen) atoms. The molecule has 1 aliphatic heterocycles. The molecule has 2 aromatic rings. The number of thioether (sulfide) groups is 1. The van der Waals surface area contributed by atoms with E-state index in [1.807, 2.05) is 6.26 Å². The number of hydrogen-bond acceptors (Lipinski definition) is 6. The topological polar surface area (TPSA) is 101 Å². The number of sulfone groups is 1. The molecule has 2 aromatic carbocycles. The highest BCUT2D eigenvalue weighted by Gasteiger charge is 2.32. The van der Waals surface area contributed by atoms with Crippen LogP contribution in [0.2, 0.25) is 0 Å². The minimum absolute atomic E-state index is 0.0621. The average Bonchev–Trinajstić information content (AvgIpc) is 2.73. The summed E-state index contributed by atoms with van der Waals surface area (Å²) < 4.78 is 50.9. The molecule has 1 fully saturated rings. The largest absolute Gasteiger partial charge is 0.325 e. The summed E-state index contributed by atoms with van der Waals surface area (Å²) in [6.07, 6.45) is 3.75. The third kappa shape index (κ3) is 5.05. The van der Waals surface area contributed by atoms with Crippen molar-refractivity contribution in [3.8, 4) is 0 Å². The molecule has 1 aliphatic rings. The molecule has 0 radical (unpaired) electrons. The normalized spacial score (nSPS) is 16.3. The van der Waals surface area contributed by atoms with Gasteiger partial charge in [-0.1, -0.05) is 12.1 Å². The Morgan fingerprint density at radius 3 is 2.17 bits per heavy atom. The van der Waals surface area contributed by atoms with Crippen LogP contribution in [0.5, 0.6) is 0 Å². The van der Waals surface area contributed by atoms with Crippen LogP contribution in [0, 0.1) is 5.92 Å². The second kappa shape index (κ2) is 9.09. The van der Waals surface area contributed by atoms with Crippen LogP contribution in [0.15, 0.2) is 63.2 Å². The fourth-order valence-electron chi connectivity index (χ4n) is 3.38. The SMILES string of the molecule is CSc1ccc(S(=O)(=O)N2CCC(C(=O)Nc3ccccc3S(C)(=O)=O)CC2)cc1. The summed E-state index contributed by atoms with van der Waals surface area (Å²) in [4.78, 5) is 14.0. The van der Waals surface area contributed by atoms with Crippen LogP contribution in [0.3, 0.4) is 0 Å². The average molecular weight is 469 g/mol. The first-order chi connectivity index (χ1) is 14.1. The van der Waals surface area contributed by atoms with E-state index in [1.165, 1.54) is 22.1 Å². The molecular formula is C20H24N2O5S3. The summed E-state index contributed by atoms with van der Waals surface area (Å²) in [7, 11) is -7.09. The Morgan fingerprint density at radius 2 is 1.60 bits per heavy atom. The Labute approximate surface area is 181 Å². The minimum Gasteiger partial charge on any atom is -0.325 e. The molecule has 3 rings (SSSR count). The Kier molecular flexibility index (Phi) is 6.91. The van der Waals surface area contributed by atoms with Gasteiger partial charge in [0.2, 0.25) is 15.9 Å². The van der Waals surface area contributed by atoms with Gasteiger partial charge in [-0.2, -0.15) is 4.31 Å². The number of carbonyl (C=O) groups excluding carboxylic acids is 1. The number of nitrogens with one attached hydrogen (secondary N) is 1. The standard InChI is InChI=1S/C20H24N2O5S3/c1-28-16-7-9-17(10-8-16)30(26,27)22-13-11-15(12-14-22)20(23)21-18-5-3-4-6-19(18)29(2,24)25/h3-10,15H,11-14H2,1-2H3,(H,21,23). The smallest absolute Gasteiger partial charge is 0.243 e. The van der Waals surface area contributed by atoms with Crippen LogP contribution in [-0.2, 0) is 24.7 Å². The molecule has 1 heterocycles. The van der Waals surface area contributed by atoms with Gasteiger partial charge >= 0.3 is 0 Å². The van der Waals surface area contributed by atoms with Gasteiger partial charge in [0.05, 0.1) is 15.5 Å². The van der Waals surface area contributed by atoms with Gasteiger partial charge in [-0.05, 0) is 55.5 Å². The zero-order valence-electron chi connectivity index (χ0n) is 16.7. The summed E-state index contributed by atoms with van der Waals surface area (Å²) in [5.41, 5.74) is 0.244. The Balaban J connectivity index is 1.66. The minimum atomic E-state index is -3.61. The Morgan fingerprint density at radius 1 is 1.00 bits per heavy atom. The first-order valence-electron chi connectivity index (χ1n) is 9.37. The first-order valence-corrected chi connectivity index (χ1v) is 13.9. The lowest BCUT2D eigenvalue weighted by Crippen LogP contribution is -2.41. The van der Waals surface area contributed by atoms with E-state index in [0.29, 0.717) is 12.8 Å². The molecule has 0 saturated carbocycles. The summed E-state index contributed by atoms with van der Waals surface area (Å²) in [6.45, 7) is 0.469. The van der Waals surface area contributed by atoms with Crippen molar-refractivity contribution in [1.82, 2.24) is 4.31 Å². The number of benzene rings is 2. The van der Waals surface area contributed by atoms with Crippen LogP contribution in [0.1, 0.15) is 12.8 Å². The zero-order chi connectivity index (χ0) is 21.9. The summed E-state index contributed by atoms with van der Waals surface area (Å²) in [5.74, 6) is -0.685. The van der Waals surface area contributed by atoms with Gasteiger partial charge in [0.15, 0.2) is 9.84 Å². The number of rotatable bonds is 6. The number of piperidine rings is 1. The third-order valence-corrected chi connectivity index (χ3v) is 8.88. The Bertz CT molecular complexity index is 1120. The molecule has 10 heteroatoms. The van der Waals surface area contributed by atoms with Crippen molar-refractivity contribution in [2.45, 2.75) is 27.5 Å². The van der Waals surface area contributed by atoms with Gasteiger partial charge in [-0.15, -0.1) is 11.8 Å². The molecule has 0 bridgehead atoms. The summed E-state index contributed by atoms with van der Waals surface area (Å²) >= 11 is 1.54. The molecule has 162 valence electrons. The monoisotopic (exact) mass is 468 g/mol. The van der Waals surface area contributed by atoms with E-state index in [1.54, 1.807) is 42.5 Å². The van der Waals surface area contributed by atoms with Crippen molar-refractivity contribution in [3.05, 3.63) is 48.5 Å². The van der Waals surface area contributed by atoms with Crippen LogP contribution >= 0.6 is 11.8 Å². The van der Waals surface area contributed by atoms with Gasteiger partial charge in [-0.3, -0.25) is 4.79 Å². The van der Waals surface area contributed by atoms with Crippen molar-refractivity contribution < 1.29 is 21.6 Å². The molecule has 1 N–H and O–H groups in total. The van der Waals surface area contributed by atoms with E-state index in [2.05, 4.69) is 5.32 Å². The zero-order valence-corrected chi connectivity index (χ0v) is 19.2. The fraction of sp³-hybridized carbons (Fsp3) is 0.350. The molecule has 0 spiro atoms. The number of para-hydroxylation sites is 1. The van der Waals surface area contributed by atoms with Crippen LogP contribution in [0.25, 0.3) is 0 Å². The van der Waals surface area contributed by atoms with Crippen molar-refractivity contribution >= 4 is 43.2 Å². The molecule has 0 atom stereocenters. The lowest BCUT2D eigenvalue weighted by Gasteiger charge is -2.30. The summed E-state index contributed by atoms with van der Waals surface area (Å²) in [6, 6.07) is 13.0. The maximum Gasteiger partial charge on any atom is 0.243 e. The Hall–Kier alpha value is -1.88. The van der Waals surface area contributed by atoms with Crippen LogP contribution in [0.4, 0.5) is 5.69 Å². The van der Waals surface area contributed by atoms with E-state index in [0.717, 1.165) is 11.2 Å². The molecule has 0 aromatic heterocycles. The second-order valence-corrected chi connectivity index (χ2v) is 11.9. The highest BCUT2D eigenvalue weighted by molar-refractivity contribution is 7.98. The summed E-state index contributed by atoms with van der Waals surface area (Å²) in [5, 5.41) is 2.70. The first kappa shape index (κ1) is 22.8. The van der Waals surface area contributed by atoms with Crippen LogP contribution in [-0.4, -0.2) is 52.6 Å². The lowest BCUT2D eigenvalue weighted by molar-refractivity contribution is -0.120. The van der Waals surface area contributed by atoms with E-state index in [4.69, 9.17) is 0 Å². The highest BCUT2D eigenvalue weighted by atomic mass is 32.2. The molecule has 1 saturated heterocycles. The van der Waals surface area contributed by atoms with Crippen molar-refractivity contribution in [2.75, 3.05) is 30.9 Å². The highest BCUT2D eigenvalue weighted by Crippen LogP contribution is 2.27. The van der Waals surface area contributed by atoms with Gasteiger partial charge in [0.1, 0.15) is 0 Å². The van der Waals surface area contributed by atoms with Gasteiger partial charge in [0.25, 0.3) is 0 Å². The molecule has 0 aliphatic carbocycles. The molecule has 7 nitrogen and oxygen atoms in total. The predicted octanol–water partition coefficient (Wildman–Crippen LogP) is 2.85. The van der Waals surface area contributed by atoms with Crippen molar-refractivity contribution in [2.24, 2.45) is 5.92 Å². The van der Waals surface area contributed by atoms with E-state index >= 15 is 0 Å². The van der Waals surface area contributed by atoms with Crippen molar-refractivity contribution in [1.29, 1.82) is 0 Å². The van der Waals surface area contributed by atoms with Gasteiger partial charge in [-0.25, -0.2) is 16.8 Å². The van der Waals surface area contributed by atoms with E-state index < -0.39 is 19.9 Å². The number of anilines is 1. The van der Waals surface area contributed by atoms with E-state index in [9.17, 15) is 21.6 Å². The second-order valence-electron chi connectivity index (χ2n) is 7.11. The van der Waals surface area contributed by atoms with Crippen LogP contribution < -0.4 is 5.32 Å². The number of sulfonamides is 1. The molecular weight excluding hydrogens is 444 g/mol. The number of amides is 1. The lowest BCUT2D eigenvalue weighted by atomic mass is 9.97. The quantitative estimate of drug-likeness (QED) is 0.655. The fourth-order valence-corrected chi connectivity index (χ4v) is 6.11. The number of nitrogens with zero attached hydrogens (tertiary/aromatic N) is 1. The van der Waals surface area contributed by atoms with Gasteiger partial charge in [0, 0.05) is 30.2 Å². The molecule has 0 unspecified atom stereocenters. The van der Waals surface area contributed by atoms with E-state index in [-0.39, 0.29) is 40.4 Å². The maximum absolute atomic E-state index is 12.9. The number of carbonyl (C=O) groups is 1. The van der Waals surface area contributed by atoms with Crippen molar-refractivity contribution in [3.63, 3.8) is 0 Å². The third-order valence-electron chi connectivity index (χ3n) is 5.07. The number of hydrogen-bond donors (Lipinski definition) is 1. The molecule has 1 amide bonds. The van der Waals surface area contributed by atoms with Gasteiger partial charge < -0.3 is 5.32 Å². The maximum atomic E-state index is 12.9.